The number of Topliss-reactive ketones (excluding diaryl/α,β-unsaturated/α-hetero) is 1. The van der Waals surface area contributed by atoms with E-state index in [4.69, 9.17) is 9.47 Å². The van der Waals surface area contributed by atoms with E-state index in [9.17, 15) is 9.59 Å². The van der Waals surface area contributed by atoms with Crippen molar-refractivity contribution in [3.8, 4) is 17.2 Å². The Labute approximate surface area is 163 Å². The number of para-hydroxylation sites is 3. The van der Waals surface area contributed by atoms with Gasteiger partial charge in [-0.15, -0.1) is 0 Å². The molecule has 0 radical (unpaired) electrons. The summed E-state index contributed by atoms with van der Waals surface area (Å²) in [6.07, 6.45) is 0.451. The van der Waals surface area contributed by atoms with Crippen LogP contribution >= 0.6 is 0 Å². The zero-order valence-corrected chi connectivity index (χ0v) is 15.6. The fourth-order valence-corrected chi connectivity index (χ4v) is 2.55. The molecule has 3 rings (SSSR count). The van der Waals surface area contributed by atoms with Gasteiger partial charge < -0.3 is 14.8 Å². The van der Waals surface area contributed by atoms with Crippen molar-refractivity contribution < 1.29 is 19.1 Å². The van der Waals surface area contributed by atoms with Gasteiger partial charge in [0.15, 0.2) is 18.1 Å². The summed E-state index contributed by atoms with van der Waals surface area (Å²) in [7, 11) is 0. The van der Waals surface area contributed by atoms with E-state index < -0.39 is 0 Å². The molecule has 0 heterocycles. The Kier molecular flexibility index (Phi) is 6.41. The number of rotatable bonds is 8. The average Bonchev–Trinajstić information content (AvgIpc) is 2.74. The van der Waals surface area contributed by atoms with Crippen molar-refractivity contribution in [3.05, 3.63) is 84.4 Å². The first-order valence-corrected chi connectivity index (χ1v) is 9.03. The Balaban J connectivity index is 1.58. The third kappa shape index (κ3) is 5.20. The molecule has 3 aromatic rings. The molecular formula is C23H21NO4. The highest BCUT2D eigenvalue weighted by atomic mass is 16.5. The van der Waals surface area contributed by atoms with Gasteiger partial charge in [-0.25, -0.2) is 0 Å². The summed E-state index contributed by atoms with van der Waals surface area (Å²) in [5.41, 5.74) is 1.19. The van der Waals surface area contributed by atoms with Crippen molar-refractivity contribution >= 4 is 17.4 Å². The van der Waals surface area contributed by atoms with Crippen LogP contribution in [0.25, 0.3) is 0 Å². The number of anilines is 1. The van der Waals surface area contributed by atoms with Crippen LogP contribution in [0.5, 0.6) is 17.2 Å². The molecule has 0 aliphatic carbocycles. The van der Waals surface area contributed by atoms with E-state index in [-0.39, 0.29) is 18.3 Å². The normalized spacial score (nSPS) is 10.2. The summed E-state index contributed by atoms with van der Waals surface area (Å²) in [6, 6.07) is 23.3. The first kappa shape index (κ1) is 19.2. The number of amides is 1. The highest BCUT2D eigenvalue weighted by Crippen LogP contribution is 2.29. The summed E-state index contributed by atoms with van der Waals surface area (Å²) in [5, 5.41) is 2.80. The van der Waals surface area contributed by atoms with Crippen LogP contribution in [-0.2, 0) is 4.79 Å². The molecule has 0 aromatic heterocycles. The van der Waals surface area contributed by atoms with Crippen molar-refractivity contribution in [2.24, 2.45) is 0 Å². The first-order chi connectivity index (χ1) is 13.7. The molecule has 0 bridgehead atoms. The van der Waals surface area contributed by atoms with E-state index in [0.717, 1.165) is 0 Å². The maximum atomic E-state index is 12.3. The van der Waals surface area contributed by atoms with Gasteiger partial charge in [-0.1, -0.05) is 37.3 Å². The molecule has 28 heavy (non-hydrogen) atoms. The van der Waals surface area contributed by atoms with Crippen molar-refractivity contribution in [3.63, 3.8) is 0 Å². The summed E-state index contributed by atoms with van der Waals surface area (Å²) in [5.74, 6) is 1.51. The molecule has 3 aromatic carbocycles. The molecule has 0 saturated heterocycles. The van der Waals surface area contributed by atoms with E-state index >= 15 is 0 Å². The Hall–Kier alpha value is -3.60. The highest BCUT2D eigenvalue weighted by molar-refractivity contribution is 5.96. The number of carbonyl (C=O) groups excluding carboxylic acids is 2. The number of nitrogens with one attached hydrogen (secondary N) is 1. The summed E-state index contributed by atoms with van der Waals surface area (Å²) in [4.78, 5) is 23.9. The molecular weight excluding hydrogens is 354 g/mol. The first-order valence-electron chi connectivity index (χ1n) is 9.03. The second-order valence-electron chi connectivity index (χ2n) is 6.05. The number of hydrogen-bond acceptors (Lipinski definition) is 4. The van der Waals surface area contributed by atoms with E-state index in [1.54, 1.807) is 36.4 Å². The molecule has 0 fully saturated rings. The third-order valence-corrected chi connectivity index (χ3v) is 4.00. The van der Waals surface area contributed by atoms with Gasteiger partial charge in [0, 0.05) is 12.0 Å². The second-order valence-corrected chi connectivity index (χ2v) is 6.05. The Morgan fingerprint density at radius 3 is 2.21 bits per heavy atom. The van der Waals surface area contributed by atoms with E-state index in [2.05, 4.69) is 5.32 Å². The molecule has 1 N–H and O–H groups in total. The second kappa shape index (κ2) is 9.37. The molecule has 5 heteroatoms. The van der Waals surface area contributed by atoms with Crippen LogP contribution in [-0.4, -0.2) is 18.3 Å². The van der Waals surface area contributed by atoms with Crippen molar-refractivity contribution in [2.75, 3.05) is 11.9 Å². The standard InChI is InChI=1S/C23H21NO4/c1-2-21(25)17-12-14-18(15-13-17)27-16-23(26)24-20-10-6-7-11-22(20)28-19-8-4-3-5-9-19/h3-15H,2,16H2,1H3,(H,24,26). The third-order valence-electron chi connectivity index (χ3n) is 4.00. The minimum Gasteiger partial charge on any atom is -0.484 e. The van der Waals surface area contributed by atoms with Crippen molar-refractivity contribution in [1.82, 2.24) is 0 Å². The van der Waals surface area contributed by atoms with Crippen molar-refractivity contribution in [2.45, 2.75) is 13.3 Å². The smallest absolute Gasteiger partial charge is 0.262 e. The average molecular weight is 375 g/mol. The molecule has 1 amide bonds. The molecule has 0 aliphatic heterocycles. The number of benzene rings is 3. The SMILES string of the molecule is CCC(=O)c1ccc(OCC(=O)Nc2ccccc2Oc2ccccc2)cc1. The van der Waals surface area contributed by atoms with Gasteiger partial charge in [-0.2, -0.15) is 0 Å². The van der Waals surface area contributed by atoms with Crippen LogP contribution in [0.2, 0.25) is 0 Å². The van der Waals surface area contributed by atoms with Gasteiger partial charge in [-0.05, 0) is 48.5 Å². The minimum atomic E-state index is -0.308. The molecule has 0 spiro atoms. The fraction of sp³-hybridized carbons (Fsp3) is 0.130. The van der Waals surface area contributed by atoms with Gasteiger partial charge in [0.25, 0.3) is 5.91 Å². The monoisotopic (exact) mass is 375 g/mol. The molecule has 0 aliphatic rings. The molecule has 0 unspecified atom stereocenters. The topological polar surface area (TPSA) is 64.6 Å². The minimum absolute atomic E-state index is 0.0688. The van der Waals surface area contributed by atoms with Crippen molar-refractivity contribution in [1.29, 1.82) is 0 Å². The van der Waals surface area contributed by atoms with Crippen LogP contribution in [0.4, 0.5) is 5.69 Å². The lowest BCUT2D eigenvalue weighted by molar-refractivity contribution is -0.118. The molecule has 5 nitrogen and oxygen atoms in total. The van der Waals surface area contributed by atoms with E-state index in [0.29, 0.717) is 34.9 Å². The molecule has 0 saturated carbocycles. The lowest BCUT2D eigenvalue weighted by Crippen LogP contribution is -2.20. The van der Waals surface area contributed by atoms with Crippen LogP contribution < -0.4 is 14.8 Å². The van der Waals surface area contributed by atoms with Gasteiger partial charge in [0.05, 0.1) is 5.69 Å². The van der Waals surface area contributed by atoms with Crippen LogP contribution in [0.3, 0.4) is 0 Å². The Morgan fingerprint density at radius 1 is 0.821 bits per heavy atom. The van der Waals surface area contributed by atoms with Gasteiger partial charge in [0.1, 0.15) is 11.5 Å². The van der Waals surface area contributed by atoms with E-state index in [1.807, 2.05) is 49.4 Å². The number of hydrogen-bond donors (Lipinski definition) is 1. The largest absolute Gasteiger partial charge is 0.484 e. The van der Waals surface area contributed by atoms with E-state index in [1.165, 1.54) is 0 Å². The predicted molar refractivity (Wildman–Crippen MR) is 108 cm³/mol. The summed E-state index contributed by atoms with van der Waals surface area (Å²) in [6.45, 7) is 1.66. The maximum Gasteiger partial charge on any atom is 0.262 e. The lowest BCUT2D eigenvalue weighted by Gasteiger charge is -2.12. The van der Waals surface area contributed by atoms with Crippen LogP contribution in [0.15, 0.2) is 78.9 Å². The molecule has 142 valence electrons. The zero-order valence-electron chi connectivity index (χ0n) is 15.6. The number of ether oxygens (including phenoxy) is 2. The summed E-state index contributed by atoms with van der Waals surface area (Å²) >= 11 is 0. The lowest BCUT2D eigenvalue weighted by atomic mass is 10.1. The number of ketones is 1. The molecule has 0 atom stereocenters. The highest BCUT2D eigenvalue weighted by Gasteiger charge is 2.10. The quantitative estimate of drug-likeness (QED) is 0.557. The Bertz CT molecular complexity index is 936. The predicted octanol–water partition coefficient (Wildman–Crippen LogP) is 5.09. The fourth-order valence-electron chi connectivity index (χ4n) is 2.55. The van der Waals surface area contributed by atoms with Gasteiger partial charge in [-0.3, -0.25) is 9.59 Å². The maximum absolute atomic E-state index is 12.3. The van der Waals surface area contributed by atoms with Gasteiger partial charge >= 0.3 is 0 Å². The number of carbonyl (C=O) groups is 2. The van der Waals surface area contributed by atoms with Crippen LogP contribution in [0, 0.1) is 0 Å². The van der Waals surface area contributed by atoms with Gasteiger partial charge in [0.2, 0.25) is 0 Å². The zero-order chi connectivity index (χ0) is 19.8. The Morgan fingerprint density at radius 2 is 1.50 bits per heavy atom. The van der Waals surface area contributed by atoms with Crippen LogP contribution in [0.1, 0.15) is 23.7 Å². The summed E-state index contributed by atoms with van der Waals surface area (Å²) < 4.78 is 11.3.